The van der Waals surface area contributed by atoms with E-state index in [0.717, 1.165) is 0 Å². The fourth-order valence-corrected chi connectivity index (χ4v) is 2.57. The van der Waals surface area contributed by atoms with Gasteiger partial charge in [-0.15, -0.1) is 0 Å². The minimum absolute atomic E-state index is 0.0142. The van der Waals surface area contributed by atoms with Gasteiger partial charge in [-0.05, 0) is 5.92 Å². The Morgan fingerprint density at radius 3 is 2.29 bits per heavy atom. The zero-order valence-corrected chi connectivity index (χ0v) is 16.5. The van der Waals surface area contributed by atoms with Crippen molar-refractivity contribution in [2.75, 3.05) is 12.3 Å². The Kier molecular flexibility index (Phi) is 9.45. The van der Waals surface area contributed by atoms with E-state index in [2.05, 4.69) is 38.5 Å². The first-order valence-electron chi connectivity index (χ1n) is 8.60. The van der Waals surface area contributed by atoms with E-state index in [-0.39, 0.29) is 24.6 Å². The highest BCUT2D eigenvalue weighted by Crippen LogP contribution is 2.05. The zero-order chi connectivity index (χ0) is 21.3. The Bertz CT molecular complexity index is 681. The number of amides is 3. The van der Waals surface area contributed by atoms with Gasteiger partial charge in [-0.3, -0.25) is 14.4 Å². The number of aliphatic carboxylic acids is 1. The Labute approximate surface area is 167 Å². The number of carbonyl (C=O) groups is 4. The summed E-state index contributed by atoms with van der Waals surface area (Å²) in [5.41, 5.74) is 5.79. The number of H-pyrrole nitrogens is 1. The molecule has 3 unspecified atom stereocenters. The van der Waals surface area contributed by atoms with Crippen LogP contribution in [0.3, 0.4) is 0 Å². The lowest BCUT2D eigenvalue weighted by molar-refractivity contribution is -0.143. The number of nitrogens with two attached hydrogens (primary N) is 1. The maximum absolute atomic E-state index is 12.7. The summed E-state index contributed by atoms with van der Waals surface area (Å²) in [6, 6.07) is -3.21. The van der Waals surface area contributed by atoms with Crippen molar-refractivity contribution in [2.24, 2.45) is 11.7 Å². The third kappa shape index (κ3) is 7.19. The van der Waals surface area contributed by atoms with Crippen molar-refractivity contribution < 1.29 is 24.3 Å². The Morgan fingerprint density at radius 2 is 1.82 bits per heavy atom. The van der Waals surface area contributed by atoms with Gasteiger partial charge >= 0.3 is 5.97 Å². The first-order chi connectivity index (χ1) is 13.2. The van der Waals surface area contributed by atoms with Gasteiger partial charge < -0.3 is 31.8 Å². The molecular weight excluding hydrogens is 388 g/mol. The molecule has 12 heteroatoms. The molecule has 3 amide bonds. The highest BCUT2D eigenvalue weighted by atomic mass is 32.1. The van der Waals surface area contributed by atoms with Crippen molar-refractivity contribution in [2.45, 2.75) is 38.4 Å². The van der Waals surface area contributed by atoms with Crippen LogP contribution in [0.15, 0.2) is 12.5 Å². The molecule has 0 aliphatic rings. The smallest absolute Gasteiger partial charge is 0.326 e. The number of hydrogen-bond acceptors (Lipinski definition) is 7. The summed E-state index contributed by atoms with van der Waals surface area (Å²) in [4.78, 5) is 54.6. The maximum atomic E-state index is 12.7. The molecule has 0 saturated carbocycles. The SMILES string of the molecule is CC(C)C(NC(=O)C(Cc1cnc[nH]1)NC(=O)C(CS)NC(=O)CN)C(=O)O. The summed E-state index contributed by atoms with van der Waals surface area (Å²) in [6.45, 7) is 3.01. The van der Waals surface area contributed by atoms with Crippen LogP contribution in [0, 0.1) is 5.92 Å². The number of imidazole rings is 1. The number of nitrogens with one attached hydrogen (secondary N) is 4. The van der Waals surface area contributed by atoms with Crippen LogP contribution in [0.25, 0.3) is 0 Å². The van der Waals surface area contributed by atoms with Crippen molar-refractivity contribution in [3.63, 3.8) is 0 Å². The lowest BCUT2D eigenvalue weighted by atomic mass is 10.0. The van der Waals surface area contributed by atoms with Gasteiger partial charge in [0.1, 0.15) is 18.1 Å². The molecule has 7 N–H and O–H groups in total. The van der Waals surface area contributed by atoms with E-state index < -0.39 is 41.8 Å². The minimum atomic E-state index is -1.18. The quantitative estimate of drug-likeness (QED) is 0.205. The lowest BCUT2D eigenvalue weighted by Gasteiger charge is -2.24. The summed E-state index contributed by atoms with van der Waals surface area (Å²) in [7, 11) is 0. The molecule has 0 aliphatic carbocycles. The van der Waals surface area contributed by atoms with E-state index in [9.17, 15) is 24.3 Å². The van der Waals surface area contributed by atoms with E-state index in [1.807, 2.05) is 0 Å². The lowest BCUT2D eigenvalue weighted by Crippen LogP contribution is -2.58. The summed E-state index contributed by atoms with van der Waals surface area (Å²) in [5.74, 6) is -3.42. The van der Waals surface area contributed by atoms with Crippen LogP contribution in [0.5, 0.6) is 0 Å². The Morgan fingerprint density at radius 1 is 1.18 bits per heavy atom. The number of rotatable bonds is 11. The molecule has 11 nitrogen and oxygen atoms in total. The fraction of sp³-hybridized carbons (Fsp3) is 0.562. The second-order valence-electron chi connectivity index (χ2n) is 6.42. The minimum Gasteiger partial charge on any atom is -0.480 e. The third-order valence-corrected chi connectivity index (χ3v) is 4.23. The fourth-order valence-electron chi connectivity index (χ4n) is 2.31. The standard InChI is InChI=1S/C16H26N6O5S/c1-8(2)13(16(26)27)22-14(24)10(3-9-5-18-7-19-9)21-15(25)11(6-28)20-12(23)4-17/h5,7-8,10-11,13,28H,3-4,6,17H2,1-2H3,(H,18,19)(H,20,23)(H,21,25)(H,22,24)(H,26,27). The molecule has 0 spiro atoms. The van der Waals surface area contributed by atoms with Gasteiger partial charge in [0.25, 0.3) is 0 Å². The van der Waals surface area contributed by atoms with Crippen LogP contribution in [0.4, 0.5) is 0 Å². The van der Waals surface area contributed by atoms with Gasteiger partial charge in [0, 0.05) is 24.1 Å². The topological polar surface area (TPSA) is 179 Å². The molecule has 1 aromatic rings. The van der Waals surface area contributed by atoms with E-state index >= 15 is 0 Å². The van der Waals surface area contributed by atoms with Crippen molar-refractivity contribution in [1.29, 1.82) is 0 Å². The molecule has 28 heavy (non-hydrogen) atoms. The summed E-state index contributed by atoms with van der Waals surface area (Å²) in [5, 5.41) is 16.6. The molecule has 1 aromatic heterocycles. The number of carboxylic acid groups (broad SMARTS) is 1. The number of nitrogens with zero attached hydrogens (tertiary/aromatic N) is 1. The van der Waals surface area contributed by atoms with E-state index in [0.29, 0.717) is 5.69 Å². The molecule has 0 aromatic carbocycles. The largest absolute Gasteiger partial charge is 0.480 e. The van der Waals surface area contributed by atoms with Gasteiger partial charge in [0.2, 0.25) is 17.7 Å². The van der Waals surface area contributed by atoms with Crippen molar-refractivity contribution in [3.05, 3.63) is 18.2 Å². The van der Waals surface area contributed by atoms with Gasteiger partial charge in [-0.2, -0.15) is 12.6 Å². The molecule has 3 atom stereocenters. The summed E-state index contributed by atoms with van der Waals surface area (Å²) in [6.07, 6.45) is 2.94. The first-order valence-corrected chi connectivity index (χ1v) is 9.23. The summed E-state index contributed by atoms with van der Waals surface area (Å²) < 4.78 is 0. The predicted octanol–water partition coefficient (Wildman–Crippen LogP) is -1.96. The second kappa shape index (κ2) is 11.3. The maximum Gasteiger partial charge on any atom is 0.326 e. The van der Waals surface area contributed by atoms with Crippen LogP contribution < -0.4 is 21.7 Å². The number of carboxylic acids is 1. The van der Waals surface area contributed by atoms with Gasteiger partial charge in [-0.25, -0.2) is 9.78 Å². The molecule has 0 aliphatic heterocycles. The highest BCUT2D eigenvalue weighted by molar-refractivity contribution is 7.80. The molecule has 1 rings (SSSR count). The highest BCUT2D eigenvalue weighted by Gasteiger charge is 2.30. The Balaban J connectivity index is 2.95. The first kappa shape index (κ1) is 23.4. The number of aromatic nitrogens is 2. The molecule has 0 fully saturated rings. The normalized spacial score (nSPS) is 14.0. The van der Waals surface area contributed by atoms with Gasteiger partial charge in [-0.1, -0.05) is 13.8 Å². The van der Waals surface area contributed by atoms with E-state index in [1.54, 1.807) is 13.8 Å². The van der Waals surface area contributed by atoms with Crippen LogP contribution in [-0.4, -0.2) is 69.2 Å². The van der Waals surface area contributed by atoms with Gasteiger partial charge in [0.05, 0.1) is 12.9 Å². The van der Waals surface area contributed by atoms with Crippen LogP contribution >= 0.6 is 12.6 Å². The molecule has 0 radical (unpaired) electrons. The molecule has 1 heterocycles. The zero-order valence-electron chi connectivity index (χ0n) is 15.6. The van der Waals surface area contributed by atoms with E-state index in [4.69, 9.17) is 5.73 Å². The van der Waals surface area contributed by atoms with Crippen LogP contribution in [0.1, 0.15) is 19.5 Å². The monoisotopic (exact) mass is 414 g/mol. The molecular formula is C16H26N6O5S. The Hall–Kier alpha value is -2.60. The number of aromatic amines is 1. The van der Waals surface area contributed by atoms with Gasteiger partial charge in [0.15, 0.2) is 0 Å². The molecule has 0 bridgehead atoms. The summed E-state index contributed by atoms with van der Waals surface area (Å²) >= 11 is 4.03. The average molecular weight is 414 g/mol. The third-order valence-electron chi connectivity index (χ3n) is 3.86. The van der Waals surface area contributed by atoms with Crippen molar-refractivity contribution in [3.8, 4) is 0 Å². The second-order valence-corrected chi connectivity index (χ2v) is 6.78. The number of thiol groups is 1. The number of carbonyl (C=O) groups excluding carboxylic acids is 3. The van der Waals surface area contributed by atoms with E-state index in [1.165, 1.54) is 12.5 Å². The predicted molar refractivity (Wildman–Crippen MR) is 103 cm³/mol. The van der Waals surface area contributed by atoms with Crippen LogP contribution in [-0.2, 0) is 25.6 Å². The van der Waals surface area contributed by atoms with Crippen molar-refractivity contribution in [1.82, 2.24) is 25.9 Å². The van der Waals surface area contributed by atoms with Crippen molar-refractivity contribution >= 4 is 36.3 Å². The van der Waals surface area contributed by atoms with Crippen LogP contribution in [0.2, 0.25) is 0 Å². The molecule has 156 valence electrons. The molecule has 0 saturated heterocycles. The average Bonchev–Trinajstić information content (AvgIpc) is 3.15. The number of hydrogen-bond donors (Lipinski definition) is 7.